The van der Waals surface area contributed by atoms with E-state index in [0.29, 0.717) is 37.3 Å². The summed E-state index contributed by atoms with van der Waals surface area (Å²) in [5.41, 5.74) is 0.194. The van der Waals surface area contributed by atoms with Gasteiger partial charge in [-0.25, -0.2) is 13.8 Å². The third kappa shape index (κ3) is 5.22. The van der Waals surface area contributed by atoms with E-state index in [0.717, 1.165) is 15.8 Å². The predicted molar refractivity (Wildman–Crippen MR) is 124 cm³/mol. The van der Waals surface area contributed by atoms with Crippen molar-refractivity contribution in [1.29, 1.82) is 0 Å². The quantitative estimate of drug-likeness (QED) is 0.417. The first-order valence-electron chi connectivity index (χ1n) is 11.6. The number of piperidine rings is 1. The van der Waals surface area contributed by atoms with E-state index in [9.17, 15) is 26.7 Å². The molecule has 37 heavy (non-hydrogen) atoms. The number of hydrogen-bond donors (Lipinski definition) is 0. The number of thiazole rings is 1. The third-order valence-electron chi connectivity index (χ3n) is 6.56. The van der Waals surface area contributed by atoms with Gasteiger partial charge < -0.3 is 9.74 Å². The first-order valence-corrected chi connectivity index (χ1v) is 12.5. The lowest BCUT2D eigenvalue weighted by Crippen LogP contribution is -2.40. The first kappa shape index (κ1) is 25.3. The molecule has 1 fully saturated rings. The predicted octanol–water partition coefficient (Wildman–Crippen LogP) is 5.22. The Morgan fingerprint density at radius 2 is 1.89 bits per heavy atom. The molecule has 1 aromatic carbocycles. The Bertz CT molecular complexity index is 1320. The van der Waals surface area contributed by atoms with Crippen LogP contribution in [0.4, 0.5) is 22.0 Å². The van der Waals surface area contributed by atoms with Crippen molar-refractivity contribution >= 4 is 23.0 Å². The van der Waals surface area contributed by atoms with Crippen LogP contribution in [0.2, 0.25) is 0 Å². The van der Waals surface area contributed by atoms with Crippen molar-refractivity contribution in [2.75, 3.05) is 13.1 Å². The number of hydrogen-bond acceptors (Lipinski definition) is 6. The zero-order valence-corrected chi connectivity index (χ0v) is 20.5. The lowest BCUT2D eigenvalue weighted by molar-refractivity contribution is -0.142. The van der Waals surface area contributed by atoms with E-state index in [-0.39, 0.29) is 36.0 Å². The maximum atomic E-state index is 14.1. The molecular weight excluding hydrogens is 517 g/mol. The minimum Gasteiger partial charge on any atom is -0.387 e. The van der Waals surface area contributed by atoms with E-state index in [1.54, 1.807) is 4.90 Å². The van der Waals surface area contributed by atoms with Gasteiger partial charge in [0.2, 0.25) is 5.91 Å². The second-order valence-corrected chi connectivity index (χ2v) is 9.91. The smallest absolute Gasteiger partial charge is 0.387 e. The number of likely N-dealkylation sites (tertiary alicyclic amines) is 1. The fraction of sp³-hybridized carbons (Fsp3) is 0.417. The normalized spacial score (nSPS) is 18.7. The molecule has 3 aromatic rings. The number of carbonyl (C=O) groups is 1. The highest BCUT2D eigenvalue weighted by atomic mass is 32.1. The molecule has 196 valence electrons. The van der Waals surface area contributed by atoms with Gasteiger partial charge in [0.25, 0.3) is 0 Å². The summed E-state index contributed by atoms with van der Waals surface area (Å²) in [6, 6.07) is 4.56. The topological polar surface area (TPSA) is 72.6 Å². The van der Waals surface area contributed by atoms with Crippen molar-refractivity contribution in [2.24, 2.45) is 5.16 Å². The van der Waals surface area contributed by atoms with E-state index >= 15 is 0 Å². The number of amides is 1. The van der Waals surface area contributed by atoms with Crippen LogP contribution in [0, 0.1) is 18.6 Å². The van der Waals surface area contributed by atoms with Crippen LogP contribution >= 0.6 is 11.3 Å². The van der Waals surface area contributed by atoms with Crippen LogP contribution in [0.1, 0.15) is 58.9 Å². The van der Waals surface area contributed by atoms with E-state index < -0.39 is 29.6 Å². The van der Waals surface area contributed by atoms with Crippen molar-refractivity contribution in [2.45, 2.75) is 50.9 Å². The molecule has 1 saturated heterocycles. The second kappa shape index (κ2) is 9.84. The molecule has 7 nitrogen and oxygen atoms in total. The molecule has 1 atom stereocenters. The van der Waals surface area contributed by atoms with E-state index in [1.165, 1.54) is 36.5 Å². The zero-order valence-electron chi connectivity index (χ0n) is 19.6. The Balaban J connectivity index is 1.17. The van der Waals surface area contributed by atoms with Crippen LogP contribution in [0.5, 0.6) is 0 Å². The van der Waals surface area contributed by atoms with Crippen LogP contribution in [0.15, 0.2) is 34.8 Å². The van der Waals surface area contributed by atoms with Crippen LogP contribution in [-0.4, -0.2) is 44.4 Å². The van der Waals surface area contributed by atoms with Crippen molar-refractivity contribution in [3.8, 4) is 0 Å². The van der Waals surface area contributed by atoms with Crippen LogP contribution < -0.4 is 0 Å². The van der Waals surface area contributed by atoms with Gasteiger partial charge in [-0.05, 0) is 38.0 Å². The average Bonchev–Trinajstić information content (AvgIpc) is 3.59. The molecule has 2 aliphatic heterocycles. The summed E-state index contributed by atoms with van der Waals surface area (Å²) < 4.78 is 67.9. The molecule has 4 heterocycles. The van der Waals surface area contributed by atoms with E-state index in [1.807, 2.05) is 5.38 Å². The summed E-state index contributed by atoms with van der Waals surface area (Å²) in [7, 11) is 0. The molecule has 13 heteroatoms. The molecule has 2 aromatic heterocycles. The van der Waals surface area contributed by atoms with Gasteiger partial charge in [-0.3, -0.25) is 9.48 Å². The summed E-state index contributed by atoms with van der Waals surface area (Å²) in [6.07, 6.45) is -3.93. The minimum absolute atomic E-state index is 0.105. The fourth-order valence-corrected chi connectivity index (χ4v) is 5.52. The summed E-state index contributed by atoms with van der Waals surface area (Å²) in [5.74, 6) is -1.56. The van der Waals surface area contributed by atoms with Gasteiger partial charge in [-0.1, -0.05) is 11.2 Å². The number of oxime groups is 1. The largest absolute Gasteiger partial charge is 0.435 e. The number of alkyl halides is 3. The SMILES string of the molecule is Cc1cc(C(F)(F)F)nn1CC(=O)N1CCC(c2nc(C3=NO[C@@H](c4c(F)cccc4F)C3)cs2)CC1. The third-order valence-corrected chi connectivity index (χ3v) is 7.57. The average molecular weight is 540 g/mol. The maximum absolute atomic E-state index is 14.1. The molecule has 0 bridgehead atoms. The zero-order chi connectivity index (χ0) is 26.3. The van der Waals surface area contributed by atoms with Crippen molar-refractivity contribution in [1.82, 2.24) is 19.7 Å². The van der Waals surface area contributed by atoms with E-state index in [4.69, 9.17) is 4.84 Å². The van der Waals surface area contributed by atoms with Crippen molar-refractivity contribution in [3.05, 3.63) is 68.9 Å². The monoisotopic (exact) mass is 539 g/mol. The number of aryl methyl sites for hydroxylation is 1. The first-order chi connectivity index (χ1) is 17.6. The van der Waals surface area contributed by atoms with Crippen LogP contribution in [-0.2, 0) is 22.4 Å². The molecule has 0 spiro atoms. The minimum atomic E-state index is -4.56. The van der Waals surface area contributed by atoms with Crippen LogP contribution in [0.25, 0.3) is 0 Å². The van der Waals surface area contributed by atoms with Gasteiger partial charge in [0.05, 0.1) is 16.3 Å². The standard InChI is InChI=1S/C24H22F5N5O2S/c1-13-9-20(24(27,28)29)31-34(13)11-21(35)33-7-5-14(6-8-33)23-30-18(12-37-23)17-10-19(36-32-17)22-15(25)3-2-4-16(22)26/h2-4,9,12,14,19H,5-8,10-11H2,1H3/t19-/m1/s1. The molecule has 1 amide bonds. The lowest BCUT2D eigenvalue weighted by atomic mass is 9.97. The van der Waals surface area contributed by atoms with E-state index in [2.05, 4.69) is 15.2 Å². The number of halogens is 5. The molecule has 0 saturated carbocycles. The summed E-state index contributed by atoms with van der Waals surface area (Å²) in [6.45, 7) is 2.13. The molecule has 2 aliphatic rings. The van der Waals surface area contributed by atoms with Gasteiger partial charge in [-0.2, -0.15) is 18.3 Å². The Morgan fingerprint density at radius 3 is 2.54 bits per heavy atom. The Kier molecular flexibility index (Phi) is 6.73. The summed E-state index contributed by atoms with van der Waals surface area (Å²) in [5, 5.41) is 10.2. The Morgan fingerprint density at radius 1 is 1.19 bits per heavy atom. The highest BCUT2D eigenvalue weighted by Gasteiger charge is 2.35. The Labute approximate surface area is 212 Å². The van der Waals surface area contributed by atoms with Gasteiger partial charge in [0, 0.05) is 36.5 Å². The van der Waals surface area contributed by atoms with Gasteiger partial charge in [0.1, 0.15) is 23.9 Å². The van der Waals surface area contributed by atoms with Gasteiger partial charge >= 0.3 is 6.18 Å². The maximum Gasteiger partial charge on any atom is 0.435 e. The number of nitrogens with zero attached hydrogens (tertiary/aromatic N) is 5. The lowest BCUT2D eigenvalue weighted by Gasteiger charge is -2.31. The Hall–Kier alpha value is -3.35. The number of benzene rings is 1. The van der Waals surface area contributed by atoms with Crippen molar-refractivity contribution < 1.29 is 31.6 Å². The van der Waals surface area contributed by atoms with Crippen LogP contribution in [0.3, 0.4) is 0 Å². The molecular formula is C24H22F5N5O2S. The highest BCUT2D eigenvalue weighted by molar-refractivity contribution is 7.10. The molecule has 0 N–H and O–H groups in total. The number of aromatic nitrogens is 3. The second-order valence-electron chi connectivity index (χ2n) is 9.02. The number of rotatable bonds is 5. The van der Waals surface area contributed by atoms with Crippen molar-refractivity contribution in [3.63, 3.8) is 0 Å². The molecule has 0 aliphatic carbocycles. The molecule has 0 unspecified atom stereocenters. The highest BCUT2D eigenvalue weighted by Crippen LogP contribution is 2.35. The summed E-state index contributed by atoms with van der Waals surface area (Å²) >= 11 is 1.45. The fourth-order valence-electron chi connectivity index (χ4n) is 4.52. The molecule has 0 radical (unpaired) electrons. The molecule has 5 rings (SSSR count). The van der Waals surface area contributed by atoms with Gasteiger partial charge in [0.15, 0.2) is 11.8 Å². The van der Waals surface area contributed by atoms with Gasteiger partial charge in [-0.15, -0.1) is 11.3 Å². The number of carbonyl (C=O) groups excluding carboxylic acids is 1. The summed E-state index contributed by atoms with van der Waals surface area (Å²) in [4.78, 5) is 24.3.